The Labute approximate surface area is 91.2 Å². The number of aliphatic hydroxyl groups is 1. The first-order valence-corrected chi connectivity index (χ1v) is 5.37. The van der Waals surface area contributed by atoms with Crippen LogP contribution in [-0.2, 0) is 4.74 Å². The molecule has 5 heteroatoms. The Morgan fingerprint density at radius 2 is 2.00 bits per heavy atom. The normalized spacial score (nSPS) is 10.4. The predicted molar refractivity (Wildman–Crippen MR) is 58.8 cm³/mol. The number of hydrogen-bond donors (Lipinski definition) is 3. The molecule has 0 fully saturated rings. The van der Waals surface area contributed by atoms with Crippen LogP contribution in [0.3, 0.4) is 0 Å². The molecule has 0 bridgehead atoms. The van der Waals surface area contributed by atoms with Gasteiger partial charge in [0.05, 0.1) is 6.61 Å². The maximum absolute atomic E-state index is 11.1. The zero-order valence-electron chi connectivity index (χ0n) is 9.58. The lowest BCUT2D eigenvalue weighted by atomic mass is 10.2. The van der Waals surface area contributed by atoms with Crippen LogP contribution in [-0.4, -0.2) is 44.0 Å². The molecule has 2 amide bonds. The minimum absolute atomic E-state index is 0.0950. The van der Waals surface area contributed by atoms with Gasteiger partial charge in [0, 0.05) is 26.3 Å². The third-order valence-corrected chi connectivity index (χ3v) is 1.60. The van der Waals surface area contributed by atoms with E-state index < -0.39 is 0 Å². The Balaban J connectivity index is 3.17. The van der Waals surface area contributed by atoms with Crippen molar-refractivity contribution in [2.24, 2.45) is 5.92 Å². The van der Waals surface area contributed by atoms with E-state index in [2.05, 4.69) is 24.5 Å². The van der Waals surface area contributed by atoms with Crippen molar-refractivity contribution in [3.63, 3.8) is 0 Å². The largest absolute Gasteiger partial charge is 0.396 e. The van der Waals surface area contributed by atoms with Gasteiger partial charge in [-0.05, 0) is 12.3 Å². The summed E-state index contributed by atoms with van der Waals surface area (Å²) < 4.78 is 5.29. The van der Waals surface area contributed by atoms with Gasteiger partial charge in [0.25, 0.3) is 0 Å². The summed E-state index contributed by atoms with van der Waals surface area (Å²) in [5.41, 5.74) is 0. The van der Waals surface area contributed by atoms with Gasteiger partial charge in [-0.25, -0.2) is 4.79 Å². The molecule has 15 heavy (non-hydrogen) atoms. The molecule has 0 aromatic carbocycles. The van der Waals surface area contributed by atoms with Crippen LogP contribution < -0.4 is 10.6 Å². The van der Waals surface area contributed by atoms with Crippen molar-refractivity contribution in [1.82, 2.24) is 10.6 Å². The summed E-state index contributed by atoms with van der Waals surface area (Å²) in [5.74, 6) is 0.517. The molecule has 0 saturated heterocycles. The maximum atomic E-state index is 11.1. The number of hydrogen-bond acceptors (Lipinski definition) is 3. The summed E-state index contributed by atoms with van der Waals surface area (Å²) in [4.78, 5) is 11.1. The third-order valence-electron chi connectivity index (χ3n) is 1.60. The predicted octanol–water partition coefficient (Wildman–Crippen LogP) is 0.341. The van der Waals surface area contributed by atoms with E-state index in [-0.39, 0.29) is 12.6 Å². The highest BCUT2D eigenvalue weighted by Crippen LogP contribution is 1.90. The second-order valence-corrected chi connectivity index (χ2v) is 3.73. The Morgan fingerprint density at radius 1 is 1.33 bits per heavy atom. The fourth-order valence-corrected chi connectivity index (χ4v) is 0.899. The molecule has 0 aliphatic heterocycles. The van der Waals surface area contributed by atoms with E-state index in [0.29, 0.717) is 38.6 Å². The zero-order chi connectivity index (χ0) is 11.5. The molecule has 0 rings (SSSR count). The van der Waals surface area contributed by atoms with Crippen LogP contribution in [0.1, 0.15) is 20.3 Å². The molecule has 0 unspecified atom stereocenters. The number of nitrogens with one attached hydrogen (secondary N) is 2. The Kier molecular flexibility index (Phi) is 9.21. The number of ether oxygens (including phenoxy) is 1. The molecule has 3 N–H and O–H groups in total. The van der Waals surface area contributed by atoms with Crippen molar-refractivity contribution in [2.75, 3.05) is 32.9 Å². The maximum Gasteiger partial charge on any atom is 0.314 e. The van der Waals surface area contributed by atoms with Gasteiger partial charge in [0.1, 0.15) is 0 Å². The van der Waals surface area contributed by atoms with E-state index in [0.717, 1.165) is 0 Å². The molecule has 0 aromatic heterocycles. The van der Waals surface area contributed by atoms with Crippen molar-refractivity contribution in [3.05, 3.63) is 0 Å². The second kappa shape index (κ2) is 9.73. The van der Waals surface area contributed by atoms with Gasteiger partial charge in [-0.1, -0.05) is 13.8 Å². The van der Waals surface area contributed by atoms with Crippen LogP contribution in [0, 0.1) is 5.92 Å². The van der Waals surface area contributed by atoms with Crippen LogP contribution in [0.2, 0.25) is 0 Å². The third kappa shape index (κ3) is 11.1. The number of carbonyl (C=O) groups excluding carboxylic acids is 1. The number of urea groups is 1. The lowest BCUT2D eigenvalue weighted by Crippen LogP contribution is -2.38. The lowest BCUT2D eigenvalue weighted by molar-refractivity contribution is 0.112. The average molecular weight is 218 g/mol. The first kappa shape index (κ1) is 14.2. The van der Waals surface area contributed by atoms with Crippen molar-refractivity contribution in [3.8, 4) is 0 Å². The summed E-state index contributed by atoms with van der Waals surface area (Å²) >= 11 is 0. The summed E-state index contributed by atoms with van der Waals surface area (Å²) in [6, 6.07) is -0.211. The number of rotatable bonds is 8. The minimum atomic E-state index is -0.211. The fraction of sp³-hybridized carbons (Fsp3) is 0.900. The monoisotopic (exact) mass is 218 g/mol. The highest BCUT2D eigenvalue weighted by Gasteiger charge is 1.98. The molecule has 0 atom stereocenters. The van der Waals surface area contributed by atoms with E-state index in [9.17, 15) is 4.79 Å². The standard InChI is InChI=1S/C10H22N2O3/c1-9(2)8-15-7-5-12-10(14)11-4-3-6-13/h9,13H,3-8H2,1-2H3,(H2,11,12,14). The molecular weight excluding hydrogens is 196 g/mol. The first-order chi connectivity index (χ1) is 7.16. The van der Waals surface area contributed by atoms with Gasteiger partial charge < -0.3 is 20.5 Å². The van der Waals surface area contributed by atoms with Crippen molar-refractivity contribution < 1.29 is 14.6 Å². The highest BCUT2D eigenvalue weighted by molar-refractivity contribution is 5.73. The first-order valence-electron chi connectivity index (χ1n) is 5.37. The van der Waals surface area contributed by atoms with Crippen molar-refractivity contribution in [2.45, 2.75) is 20.3 Å². The Bertz CT molecular complexity index is 163. The quantitative estimate of drug-likeness (QED) is 0.514. The summed E-state index contributed by atoms with van der Waals surface area (Å²) in [5, 5.41) is 13.8. The van der Waals surface area contributed by atoms with Gasteiger partial charge in [-0.2, -0.15) is 0 Å². The van der Waals surface area contributed by atoms with Gasteiger partial charge in [-0.15, -0.1) is 0 Å². The van der Waals surface area contributed by atoms with Crippen LogP contribution >= 0.6 is 0 Å². The summed E-state index contributed by atoms with van der Waals surface area (Å²) in [6.07, 6.45) is 0.581. The number of aliphatic hydroxyl groups excluding tert-OH is 1. The van der Waals surface area contributed by atoms with Gasteiger partial charge in [0.2, 0.25) is 0 Å². The SMILES string of the molecule is CC(C)COCCNC(=O)NCCCO. The molecule has 0 aromatic rings. The molecule has 0 radical (unpaired) electrons. The molecule has 0 spiro atoms. The number of amides is 2. The van der Waals surface area contributed by atoms with Gasteiger partial charge in [-0.3, -0.25) is 0 Å². The van der Waals surface area contributed by atoms with E-state index in [1.165, 1.54) is 0 Å². The average Bonchev–Trinajstić information content (AvgIpc) is 2.17. The zero-order valence-corrected chi connectivity index (χ0v) is 9.58. The van der Waals surface area contributed by atoms with Crippen LogP contribution in [0.4, 0.5) is 4.79 Å². The Morgan fingerprint density at radius 3 is 2.60 bits per heavy atom. The number of carbonyl (C=O) groups is 1. The molecule has 0 saturated carbocycles. The summed E-state index contributed by atoms with van der Waals surface area (Å²) in [7, 11) is 0. The fourth-order valence-electron chi connectivity index (χ4n) is 0.899. The van der Waals surface area contributed by atoms with E-state index in [1.54, 1.807) is 0 Å². The van der Waals surface area contributed by atoms with E-state index in [4.69, 9.17) is 9.84 Å². The molecule has 0 aliphatic carbocycles. The molecule has 5 nitrogen and oxygen atoms in total. The summed E-state index contributed by atoms with van der Waals surface area (Å²) in [6.45, 7) is 6.51. The van der Waals surface area contributed by atoms with Crippen molar-refractivity contribution >= 4 is 6.03 Å². The highest BCUT2D eigenvalue weighted by atomic mass is 16.5. The molecule has 90 valence electrons. The smallest absolute Gasteiger partial charge is 0.314 e. The topological polar surface area (TPSA) is 70.6 Å². The van der Waals surface area contributed by atoms with E-state index >= 15 is 0 Å². The molecular formula is C10H22N2O3. The van der Waals surface area contributed by atoms with Crippen LogP contribution in [0.25, 0.3) is 0 Å². The molecule has 0 aliphatic rings. The van der Waals surface area contributed by atoms with Gasteiger partial charge in [0.15, 0.2) is 0 Å². The van der Waals surface area contributed by atoms with Crippen LogP contribution in [0.15, 0.2) is 0 Å². The second-order valence-electron chi connectivity index (χ2n) is 3.73. The van der Waals surface area contributed by atoms with E-state index in [1.807, 2.05) is 0 Å². The lowest BCUT2D eigenvalue weighted by Gasteiger charge is -2.08. The Hall–Kier alpha value is -0.810. The minimum Gasteiger partial charge on any atom is -0.396 e. The van der Waals surface area contributed by atoms with Crippen LogP contribution in [0.5, 0.6) is 0 Å². The van der Waals surface area contributed by atoms with Gasteiger partial charge >= 0.3 is 6.03 Å². The van der Waals surface area contributed by atoms with Crippen molar-refractivity contribution in [1.29, 1.82) is 0 Å². The molecule has 0 heterocycles.